The second kappa shape index (κ2) is 3.14. The second-order valence-electron chi connectivity index (χ2n) is 3.33. The summed E-state index contributed by atoms with van der Waals surface area (Å²) in [5.74, 6) is 1.37. The van der Waals surface area contributed by atoms with Crippen molar-refractivity contribution in [2.24, 2.45) is 0 Å². The minimum absolute atomic E-state index is 0.866. The van der Waals surface area contributed by atoms with Gasteiger partial charge in [-0.1, -0.05) is 6.42 Å². The molecule has 0 amide bonds. The molecule has 1 heterocycles. The summed E-state index contributed by atoms with van der Waals surface area (Å²) in [7, 11) is 0. The molecule has 0 radical (unpaired) electrons. The van der Waals surface area contributed by atoms with Gasteiger partial charge in [-0.25, -0.2) is 0 Å². The minimum atomic E-state index is 0.866. The van der Waals surface area contributed by atoms with Crippen LogP contribution in [0.1, 0.15) is 25.7 Å². The van der Waals surface area contributed by atoms with Gasteiger partial charge < -0.3 is 5.32 Å². The summed E-state index contributed by atoms with van der Waals surface area (Å²) in [6.45, 7) is 1.26. The highest BCUT2D eigenvalue weighted by Gasteiger charge is 2.22. The van der Waals surface area contributed by atoms with E-state index >= 15 is 0 Å². The highest BCUT2D eigenvalue weighted by Crippen LogP contribution is 2.32. The van der Waals surface area contributed by atoms with E-state index in [4.69, 9.17) is 0 Å². The van der Waals surface area contributed by atoms with Gasteiger partial charge in [-0.05, 0) is 25.8 Å². The summed E-state index contributed by atoms with van der Waals surface area (Å²) in [5, 5.41) is 4.46. The predicted octanol–water partition coefficient (Wildman–Crippen LogP) is 1.63. The Hall–Kier alpha value is 0.310. The van der Waals surface area contributed by atoms with E-state index in [-0.39, 0.29) is 0 Å². The molecular formula is C8H15NS. The molecule has 0 bridgehead atoms. The van der Waals surface area contributed by atoms with Crippen molar-refractivity contribution in [3.8, 4) is 0 Å². The highest BCUT2D eigenvalue weighted by atomic mass is 32.2. The largest absolute Gasteiger partial charge is 0.313 e. The van der Waals surface area contributed by atoms with Crippen LogP contribution in [0.2, 0.25) is 0 Å². The molecule has 1 unspecified atom stereocenters. The summed E-state index contributed by atoms with van der Waals surface area (Å²) in [5.41, 5.74) is 0. The van der Waals surface area contributed by atoms with Crippen molar-refractivity contribution in [3.63, 3.8) is 0 Å². The number of hydrogen-bond acceptors (Lipinski definition) is 2. The Morgan fingerprint density at radius 3 is 2.50 bits per heavy atom. The Kier molecular flexibility index (Phi) is 2.19. The fourth-order valence-electron chi connectivity index (χ4n) is 1.28. The normalized spacial score (nSPS) is 33.0. The van der Waals surface area contributed by atoms with Crippen LogP contribution in [-0.4, -0.2) is 23.6 Å². The molecule has 1 saturated carbocycles. The maximum absolute atomic E-state index is 3.43. The highest BCUT2D eigenvalue weighted by molar-refractivity contribution is 8.00. The third-order valence-corrected chi connectivity index (χ3v) is 4.05. The number of nitrogens with one attached hydrogen (secondary N) is 1. The van der Waals surface area contributed by atoms with Crippen LogP contribution in [0.5, 0.6) is 0 Å². The molecule has 2 fully saturated rings. The Morgan fingerprint density at radius 1 is 1.30 bits per heavy atom. The van der Waals surface area contributed by atoms with E-state index in [1.165, 1.54) is 38.0 Å². The van der Waals surface area contributed by atoms with Crippen molar-refractivity contribution in [2.45, 2.75) is 37.0 Å². The lowest BCUT2D eigenvalue weighted by molar-refractivity contribution is 0.403. The van der Waals surface area contributed by atoms with Gasteiger partial charge in [0.15, 0.2) is 0 Å². The van der Waals surface area contributed by atoms with Gasteiger partial charge in [0, 0.05) is 17.0 Å². The van der Waals surface area contributed by atoms with Gasteiger partial charge in [-0.15, -0.1) is 0 Å². The average Bonchev–Trinajstić information content (AvgIpc) is 1.70. The fourth-order valence-corrected chi connectivity index (χ4v) is 2.74. The summed E-state index contributed by atoms with van der Waals surface area (Å²) in [6, 6.07) is 0.866. The van der Waals surface area contributed by atoms with Gasteiger partial charge in [-0.3, -0.25) is 0 Å². The third kappa shape index (κ3) is 1.48. The van der Waals surface area contributed by atoms with Crippen LogP contribution in [0.15, 0.2) is 0 Å². The van der Waals surface area contributed by atoms with Gasteiger partial charge in [0.25, 0.3) is 0 Å². The molecule has 2 rings (SSSR count). The molecule has 0 aromatic rings. The van der Waals surface area contributed by atoms with E-state index in [9.17, 15) is 0 Å². The van der Waals surface area contributed by atoms with Crippen LogP contribution >= 0.6 is 11.8 Å². The van der Waals surface area contributed by atoms with Gasteiger partial charge in [0.2, 0.25) is 0 Å². The number of hydrogen-bond donors (Lipinski definition) is 1. The lowest BCUT2D eigenvalue weighted by Crippen LogP contribution is -2.45. The monoisotopic (exact) mass is 157 g/mol. The van der Waals surface area contributed by atoms with Crippen molar-refractivity contribution in [1.29, 1.82) is 0 Å². The molecule has 2 aliphatic rings. The number of rotatable bonds is 3. The minimum Gasteiger partial charge on any atom is -0.313 e. The second-order valence-corrected chi connectivity index (χ2v) is 4.66. The lowest BCUT2D eigenvalue weighted by atomic mass is 10.00. The zero-order valence-corrected chi connectivity index (χ0v) is 7.12. The fraction of sp³-hybridized carbons (Fsp3) is 1.00. The molecule has 1 nitrogen and oxygen atoms in total. The number of thioether (sulfide) groups is 1. The lowest BCUT2D eigenvalue weighted by Gasteiger charge is -2.31. The Labute approximate surface area is 67.0 Å². The first-order valence-corrected chi connectivity index (χ1v) is 5.35. The van der Waals surface area contributed by atoms with Gasteiger partial charge in [-0.2, -0.15) is 11.8 Å². The molecule has 10 heavy (non-hydrogen) atoms. The molecule has 1 aliphatic heterocycles. The molecule has 1 saturated heterocycles. The van der Waals surface area contributed by atoms with Gasteiger partial charge in [0.05, 0.1) is 0 Å². The van der Waals surface area contributed by atoms with Crippen LogP contribution < -0.4 is 5.32 Å². The molecule has 1 aliphatic carbocycles. The van der Waals surface area contributed by atoms with E-state index < -0.39 is 0 Å². The quantitative estimate of drug-likeness (QED) is 0.668. The van der Waals surface area contributed by atoms with E-state index in [2.05, 4.69) is 17.1 Å². The van der Waals surface area contributed by atoms with Crippen LogP contribution in [0.25, 0.3) is 0 Å². The topological polar surface area (TPSA) is 12.0 Å². The first kappa shape index (κ1) is 6.99. The van der Waals surface area contributed by atoms with Crippen molar-refractivity contribution >= 4 is 11.8 Å². The maximum atomic E-state index is 3.43. The molecule has 58 valence electrons. The zero-order valence-electron chi connectivity index (χ0n) is 6.31. The van der Waals surface area contributed by atoms with Crippen LogP contribution in [0.4, 0.5) is 0 Å². The smallest absolute Gasteiger partial charge is 0.0170 e. The van der Waals surface area contributed by atoms with Crippen molar-refractivity contribution in [3.05, 3.63) is 0 Å². The zero-order chi connectivity index (χ0) is 6.81. The van der Waals surface area contributed by atoms with E-state index in [1.54, 1.807) is 0 Å². The maximum Gasteiger partial charge on any atom is 0.0170 e. The summed E-state index contributed by atoms with van der Waals surface area (Å²) >= 11 is 2.18. The van der Waals surface area contributed by atoms with Gasteiger partial charge in [0.1, 0.15) is 0 Å². The molecule has 1 atom stereocenters. The van der Waals surface area contributed by atoms with Crippen molar-refractivity contribution in [1.82, 2.24) is 5.32 Å². The average molecular weight is 157 g/mol. The molecular weight excluding hydrogens is 142 g/mol. The van der Waals surface area contributed by atoms with Crippen molar-refractivity contribution < 1.29 is 0 Å². The molecule has 2 heteroatoms. The summed E-state index contributed by atoms with van der Waals surface area (Å²) in [6.07, 6.45) is 5.87. The van der Waals surface area contributed by atoms with Crippen LogP contribution in [0.3, 0.4) is 0 Å². The SMILES string of the molecule is C1CC(SCC2CCN2)C1. The molecule has 0 aromatic heterocycles. The first-order valence-electron chi connectivity index (χ1n) is 4.30. The standard InChI is InChI=1S/C8H15NS/c1-2-8(3-1)10-6-7-4-5-9-7/h7-9H,1-6H2. The summed E-state index contributed by atoms with van der Waals surface area (Å²) in [4.78, 5) is 0. The van der Waals surface area contributed by atoms with E-state index in [0.717, 1.165) is 11.3 Å². The third-order valence-electron chi connectivity index (χ3n) is 2.51. The Bertz CT molecular complexity index is 93.8. The Morgan fingerprint density at radius 2 is 2.10 bits per heavy atom. The van der Waals surface area contributed by atoms with Crippen LogP contribution in [-0.2, 0) is 0 Å². The Balaban J connectivity index is 1.54. The van der Waals surface area contributed by atoms with Gasteiger partial charge >= 0.3 is 0 Å². The van der Waals surface area contributed by atoms with Crippen molar-refractivity contribution in [2.75, 3.05) is 12.3 Å². The first-order chi connectivity index (χ1) is 4.95. The summed E-state index contributed by atoms with van der Waals surface area (Å²) < 4.78 is 0. The molecule has 0 spiro atoms. The van der Waals surface area contributed by atoms with E-state index in [1.807, 2.05) is 0 Å². The van der Waals surface area contributed by atoms with Crippen LogP contribution in [0, 0.1) is 0 Å². The van der Waals surface area contributed by atoms with E-state index in [0.29, 0.717) is 0 Å². The molecule has 0 aromatic carbocycles. The predicted molar refractivity (Wildman–Crippen MR) is 46.5 cm³/mol. The molecule has 1 N–H and O–H groups in total.